The van der Waals surface area contributed by atoms with E-state index in [0.717, 1.165) is 30.2 Å². The number of allylic oxidation sites excluding steroid dienone is 1. The Hall–Kier alpha value is -2.15. The van der Waals surface area contributed by atoms with Crippen molar-refractivity contribution in [2.24, 2.45) is 4.99 Å². The second kappa shape index (κ2) is 5.92. The van der Waals surface area contributed by atoms with Crippen molar-refractivity contribution in [3.8, 4) is 0 Å². The molecule has 0 saturated carbocycles. The SMILES string of the molecule is CC1=NC(C)N(C)C(n2nc(N)nc2CCc2cccs2)=C1. The number of aromatic nitrogens is 3. The highest BCUT2D eigenvalue weighted by molar-refractivity contribution is 7.09. The van der Waals surface area contributed by atoms with E-state index in [2.05, 4.69) is 44.4 Å². The average Bonchev–Trinajstić information content (AvgIpc) is 3.10. The first-order valence-electron chi connectivity index (χ1n) is 7.27. The first-order chi connectivity index (χ1) is 10.5. The standard InChI is InChI=1S/C15H20N6S/c1-10-9-14(20(3)11(2)17-10)21-13(18-15(16)19-21)7-6-12-5-4-8-22-12/h4-5,8-9,11H,6-7H2,1-3H3,(H2,16,19). The quantitative estimate of drug-likeness (QED) is 0.939. The van der Waals surface area contributed by atoms with Crippen LogP contribution in [0.2, 0.25) is 0 Å². The van der Waals surface area contributed by atoms with Crippen LogP contribution in [0.25, 0.3) is 5.82 Å². The predicted octanol–water partition coefficient (Wildman–Crippen LogP) is 2.26. The zero-order valence-electron chi connectivity index (χ0n) is 13.0. The summed E-state index contributed by atoms with van der Waals surface area (Å²) in [6, 6.07) is 4.21. The van der Waals surface area contributed by atoms with Gasteiger partial charge in [0.15, 0.2) is 0 Å². The Morgan fingerprint density at radius 3 is 2.91 bits per heavy atom. The van der Waals surface area contributed by atoms with Crippen molar-refractivity contribution in [2.45, 2.75) is 32.9 Å². The van der Waals surface area contributed by atoms with E-state index in [1.165, 1.54) is 4.88 Å². The summed E-state index contributed by atoms with van der Waals surface area (Å²) < 4.78 is 1.84. The van der Waals surface area contributed by atoms with Crippen LogP contribution in [0.3, 0.4) is 0 Å². The van der Waals surface area contributed by atoms with Crippen LogP contribution in [0.1, 0.15) is 24.5 Å². The van der Waals surface area contributed by atoms with Crippen molar-refractivity contribution in [3.05, 3.63) is 34.3 Å². The van der Waals surface area contributed by atoms with Crippen molar-refractivity contribution < 1.29 is 0 Å². The first kappa shape index (κ1) is 14.8. The fourth-order valence-corrected chi connectivity index (χ4v) is 3.22. The second-order valence-corrected chi connectivity index (χ2v) is 6.43. The highest BCUT2D eigenvalue weighted by Gasteiger charge is 2.21. The molecule has 22 heavy (non-hydrogen) atoms. The van der Waals surface area contributed by atoms with Gasteiger partial charge in [-0.15, -0.1) is 16.4 Å². The second-order valence-electron chi connectivity index (χ2n) is 5.39. The van der Waals surface area contributed by atoms with Crippen molar-refractivity contribution in [1.29, 1.82) is 0 Å². The van der Waals surface area contributed by atoms with Crippen molar-refractivity contribution in [2.75, 3.05) is 12.8 Å². The lowest BCUT2D eigenvalue weighted by Crippen LogP contribution is -2.33. The molecule has 0 saturated heterocycles. The Morgan fingerprint density at radius 1 is 1.36 bits per heavy atom. The number of nitrogens with two attached hydrogens (primary N) is 1. The molecule has 0 bridgehead atoms. The van der Waals surface area contributed by atoms with Gasteiger partial charge < -0.3 is 10.6 Å². The van der Waals surface area contributed by atoms with E-state index in [-0.39, 0.29) is 6.17 Å². The third kappa shape index (κ3) is 2.89. The Labute approximate surface area is 134 Å². The molecule has 3 heterocycles. The van der Waals surface area contributed by atoms with Gasteiger partial charge in [-0.25, -0.2) is 0 Å². The van der Waals surface area contributed by atoms with Gasteiger partial charge >= 0.3 is 0 Å². The molecule has 1 atom stereocenters. The fourth-order valence-electron chi connectivity index (χ4n) is 2.51. The first-order valence-corrected chi connectivity index (χ1v) is 8.15. The lowest BCUT2D eigenvalue weighted by Gasteiger charge is -2.30. The third-order valence-corrected chi connectivity index (χ3v) is 4.67. The van der Waals surface area contributed by atoms with Gasteiger partial charge in [0.25, 0.3) is 0 Å². The van der Waals surface area contributed by atoms with E-state index in [4.69, 9.17) is 5.73 Å². The van der Waals surface area contributed by atoms with Crippen LogP contribution in [0.15, 0.2) is 28.6 Å². The number of aryl methyl sites for hydroxylation is 2. The molecule has 6 nitrogen and oxygen atoms in total. The number of aliphatic imine (C=N–C) groups is 1. The summed E-state index contributed by atoms with van der Waals surface area (Å²) >= 11 is 1.76. The topological polar surface area (TPSA) is 72.3 Å². The summed E-state index contributed by atoms with van der Waals surface area (Å²) in [5, 5.41) is 6.47. The molecule has 1 unspecified atom stereocenters. The molecule has 0 radical (unpaired) electrons. The molecule has 0 aromatic carbocycles. The highest BCUT2D eigenvalue weighted by Crippen LogP contribution is 2.21. The van der Waals surface area contributed by atoms with Crippen LogP contribution in [-0.2, 0) is 12.8 Å². The molecule has 0 amide bonds. The number of hydrogen-bond donors (Lipinski definition) is 1. The molecule has 1 aliphatic heterocycles. The van der Waals surface area contributed by atoms with E-state index in [9.17, 15) is 0 Å². The Morgan fingerprint density at radius 2 is 2.18 bits per heavy atom. The van der Waals surface area contributed by atoms with Crippen molar-refractivity contribution >= 4 is 28.8 Å². The molecular formula is C15H20N6S. The van der Waals surface area contributed by atoms with Crippen LogP contribution >= 0.6 is 11.3 Å². The maximum absolute atomic E-state index is 5.83. The van der Waals surface area contributed by atoms with Crippen molar-refractivity contribution in [3.63, 3.8) is 0 Å². The number of anilines is 1. The molecule has 1 aliphatic rings. The van der Waals surface area contributed by atoms with Gasteiger partial charge in [0.2, 0.25) is 5.95 Å². The largest absolute Gasteiger partial charge is 0.366 e. The zero-order chi connectivity index (χ0) is 15.7. The molecular weight excluding hydrogens is 296 g/mol. The minimum absolute atomic E-state index is 0.0792. The molecule has 2 N–H and O–H groups in total. The Balaban J connectivity index is 1.89. The van der Waals surface area contributed by atoms with Gasteiger partial charge in [-0.05, 0) is 31.7 Å². The van der Waals surface area contributed by atoms with Crippen LogP contribution in [0.4, 0.5) is 5.95 Å². The summed E-state index contributed by atoms with van der Waals surface area (Å²) in [6.45, 7) is 4.05. The molecule has 2 aromatic rings. The van der Waals surface area contributed by atoms with E-state index in [1.54, 1.807) is 11.3 Å². The molecule has 2 aromatic heterocycles. The van der Waals surface area contributed by atoms with E-state index in [0.29, 0.717) is 5.95 Å². The summed E-state index contributed by atoms with van der Waals surface area (Å²) in [5.41, 5.74) is 6.82. The number of nitrogen functional groups attached to an aromatic ring is 1. The maximum atomic E-state index is 5.83. The minimum atomic E-state index is 0.0792. The number of nitrogens with zero attached hydrogens (tertiary/aromatic N) is 5. The smallest absolute Gasteiger partial charge is 0.240 e. The number of rotatable bonds is 4. The van der Waals surface area contributed by atoms with Crippen LogP contribution < -0.4 is 5.73 Å². The van der Waals surface area contributed by atoms with Gasteiger partial charge in [0.1, 0.15) is 17.8 Å². The van der Waals surface area contributed by atoms with E-state index < -0.39 is 0 Å². The summed E-state index contributed by atoms with van der Waals surface area (Å²) in [6.07, 6.45) is 3.84. The lowest BCUT2D eigenvalue weighted by atomic mass is 10.2. The third-order valence-electron chi connectivity index (χ3n) is 3.73. The summed E-state index contributed by atoms with van der Waals surface area (Å²) in [4.78, 5) is 12.4. The van der Waals surface area contributed by atoms with Gasteiger partial charge in [0, 0.05) is 30.1 Å². The molecule has 7 heteroatoms. The van der Waals surface area contributed by atoms with Crippen LogP contribution in [-0.4, -0.2) is 38.6 Å². The van der Waals surface area contributed by atoms with E-state index in [1.807, 2.05) is 24.7 Å². The van der Waals surface area contributed by atoms with Gasteiger partial charge in [0.05, 0.1) is 0 Å². The van der Waals surface area contributed by atoms with Crippen LogP contribution in [0.5, 0.6) is 0 Å². The van der Waals surface area contributed by atoms with Crippen LogP contribution in [0, 0.1) is 0 Å². The lowest BCUT2D eigenvalue weighted by molar-refractivity contribution is 0.355. The maximum Gasteiger partial charge on any atom is 0.240 e. The fraction of sp³-hybridized carbons (Fsp3) is 0.400. The summed E-state index contributed by atoms with van der Waals surface area (Å²) in [7, 11) is 2.01. The molecule has 0 fully saturated rings. The monoisotopic (exact) mass is 316 g/mol. The molecule has 0 spiro atoms. The summed E-state index contributed by atoms with van der Waals surface area (Å²) in [5.74, 6) is 2.15. The van der Waals surface area contributed by atoms with Gasteiger partial charge in [-0.3, -0.25) is 4.99 Å². The minimum Gasteiger partial charge on any atom is -0.366 e. The Kier molecular flexibility index (Phi) is 3.98. The molecule has 116 valence electrons. The van der Waals surface area contributed by atoms with E-state index >= 15 is 0 Å². The molecule has 3 rings (SSSR count). The zero-order valence-corrected chi connectivity index (χ0v) is 13.8. The van der Waals surface area contributed by atoms with Gasteiger partial charge in [-0.1, -0.05) is 6.07 Å². The predicted molar refractivity (Wildman–Crippen MR) is 90.8 cm³/mol. The normalized spacial score (nSPS) is 18.3. The number of thiophene rings is 1. The van der Waals surface area contributed by atoms with Gasteiger partial charge in [-0.2, -0.15) is 9.67 Å². The Bertz CT molecular complexity index is 712. The molecule has 0 aliphatic carbocycles. The average molecular weight is 316 g/mol. The highest BCUT2D eigenvalue weighted by atomic mass is 32.1. The van der Waals surface area contributed by atoms with Crippen molar-refractivity contribution in [1.82, 2.24) is 19.7 Å². The number of hydrogen-bond acceptors (Lipinski definition) is 6.